The van der Waals surface area contributed by atoms with E-state index in [1.807, 2.05) is 42.5 Å². The van der Waals surface area contributed by atoms with Crippen LogP contribution < -0.4 is 5.32 Å². The van der Waals surface area contributed by atoms with Gasteiger partial charge in [0.05, 0.1) is 25.1 Å². The topological polar surface area (TPSA) is 78.9 Å². The summed E-state index contributed by atoms with van der Waals surface area (Å²) in [7, 11) is 0. The Morgan fingerprint density at radius 2 is 1.96 bits per heavy atom. The molecular formula is C22H28N2O4. The van der Waals surface area contributed by atoms with E-state index in [0.29, 0.717) is 19.4 Å². The second-order valence-corrected chi connectivity index (χ2v) is 7.48. The average molecular weight is 384 g/mol. The van der Waals surface area contributed by atoms with Gasteiger partial charge >= 0.3 is 5.97 Å². The van der Waals surface area contributed by atoms with E-state index in [-0.39, 0.29) is 24.6 Å². The average Bonchev–Trinajstić information content (AvgIpc) is 3.16. The molecule has 6 nitrogen and oxygen atoms in total. The van der Waals surface area contributed by atoms with E-state index in [0.717, 1.165) is 22.8 Å². The molecule has 2 N–H and O–H groups in total. The molecule has 1 unspecified atom stereocenters. The van der Waals surface area contributed by atoms with Crippen LogP contribution in [0.5, 0.6) is 0 Å². The molecule has 1 aliphatic heterocycles. The van der Waals surface area contributed by atoms with Crippen molar-refractivity contribution < 1.29 is 19.4 Å². The molecule has 2 atom stereocenters. The SMILES string of the molecule is CC(C)OC(=O)CNC(O)[C@@H]1CCCN1C(=O)Cc1cccc2ccccc12. The normalized spacial score (nSPS) is 17.9. The van der Waals surface area contributed by atoms with E-state index < -0.39 is 12.2 Å². The molecule has 1 saturated heterocycles. The zero-order valence-corrected chi connectivity index (χ0v) is 16.4. The lowest BCUT2D eigenvalue weighted by molar-refractivity contribution is -0.147. The molecule has 150 valence electrons. The Morgan fingerprint density at radius 1 is 1.21 bits per heavy atom. The highest BCUT2D eigenvalue weighted by molar-refractivity contribution is 5.90. The largest absolute Gasteiger partial charge is 0.462 e. The van der Waals surface area contributed by atoms with Crippen LogP contribution in [0.4, 0.5) is 0 Å². The summed E-state index contributed by atoms with van der Waals surface area (Å²) >= 11 is 0. The van der Waals surface area contributed by atoms with Crippen molar-refractivity contribution in [2.75, 3.05) is 13.1 Å². The molecule has 0 radical (unpaired) electrons. The van der Waals surface area contributed by atoms with Crippen LogP contribution in [-0.2, 0) is 20.7 Å². The molecule has 0 saturated carbocycles. The van der Waals surface area contributed by atoms with E-state index in [2.05, 4.69) is 5.32 Å². The number of likely N-dealkylation sites (tertiary alicyclic amines) is 1. The van der Waals surface area contributed by atoms with E-state index in [9.17, 15) is 14.7 Å². The van der Waals surface area contributed by atoms with Crippen molar-refractivity contribution >= 4 is 22.6 Å². The number of hydrogen-bond donors (Lipinski definition) is 2. The molecule has 1 amide bonds. The third-order valence-corrected chi connectivity index (χ3v) is 5.03. The first-order valence-electron chi connectivity index (χ1n) is 9.82. The van der Waals surface area contributed by atoms with Crippen LogP contribution >= 0.6 is 0 Å². The number of amides is 1. The number of aliphatic hydroxyl groups is 1. The first-order chi connectivity index (χ1) is 13.5. The van der Waals surface area contributed by atoms with Crippen LogP contribution in [-0.4, -0.2) is 53.3 Å². The van der Waals surface area contributed by atoms with Gasteiger partial charge in [-0.3, -0.25) is 14.9 Å². The molecule has 1 heterocycles. The summed E-state index contributed by atoms with van der Waals surface area (Å²) in [6.45, 7) is 4.09. The number of fused-ring (bicyclic) bond motifs is 1. The zero-order chi connectivity index (χ0) is 20.1. The molecule has 1 fully saturated rings. The van der Waals surface area contributed by atoms with Crippen LogP contribution in [0.15, 0.2) is 42.5 Å². The number of benzene rings is 2. The number of nitrogens with one attached hydrogen (secondary N) is 1. The molecule has 2 aromatic rings. The first kappa shape index (κ1) is 20.3. The minimum absolute atomic E-state index is 0.00976. The van der Waals surface area contributed by atoms with Gasteiger partial charge in [-0.1, -0.05) is 42.5 Å². The lowest BCUT2D eigenvalue weighted by Crippen LogP contribution is -2.50. The monoisotopic (exact) mass is 384 g/mol. The summed E-state index contributed by atoms with van der Waals surface area (Å²) in [4.78, 5) is 26.4. The fraction of sp³-hybridized carbons (Fsp3) is 0.455. The Bertz CT molecular complexity index is 831. The van der Waals surface area contributed by atoms with Gasteiger partial charge < -0.3 is 14.7 Å². The smallest absolute Gasteiger partial charge is 0.320 e. The van der Waals surface area contributed by atoms with Crippen molar-refractivity contribution in [3.63, 3.8) is 0 Å². The minimum atomic E-state index is -0.960. The Hall–Kier alpha value is -2.44. The second-order valence-electron chi connectivity index (χ2n) is 7.48. The zero-order valence-electron chi connectivity index (χ0n) is 16.4. The van der Waals surface area contributed by atoms with Gasteiger partial charge in [0.25, 0.3) is 0 Å². The molecule has 0 aromatic heterocycles. The van der Waals surface area contributed by atoms with Crippen LogP contribution in [0, 0.1) is 0 Å². The van der Waals surface area contributed by atoms with Crippen molar-refractivity contribution in [1.82, 2.24) is 10.2 Å². The van der Waals surface area contributed by atoms with Crippen molar-refractivity contribution in [1.29, 1.82) is 0 Å². The highest BCUT2D eigenvalue weighted by atomic mass is 16.5. The van der Waals surface area contributed by atoms with Crippen LogP contribution in [0.25, 0.3) is 10.8 Å². The maximum Gasteiger partial charge on any atom is 0.320 e. The highest BCUT2D eigenvalue weighted by Crippen LogP contribution is 2.23. The van der Waals surface area contributed by atoms with Gasteiger partial charge in [0.2, 0.25) is 5.91 Å². The van der Waals surface area contributed by atoms with Gasteiger partial charge in [0, 0.05) is 6.54 Å². The van der Waals surface area contributed by atoms with Gasteiger partial charge in [-0.15, -0.1) is 0 Å². The fourth-order valence-electron chi connectivity index (χ4n) is 3.77. The van der Waals surface area contributed by atoms with E-state index >= 15 is 0 Å². The number of nitrogens with zero attached hydrogens (tertiary/aromatic N) is 1. The van der Waals surface area contributed by atoms with Crippen LogP contribution in [0.2, 0.25) is 0 Å². The minimum Gasteiger partial charge on any atom is -0.462 e. The summed E-state index contributed by atoms with van der Waals surface area (Å²) in [5.41, 5.74) is 0.983. The molecule has 1 aliphatic rings. The molecule has 0 aliphatic carbocycles. The van der Waals surface area contributed by atoms with Gasteiger partial charge in [-0.25, -0.2) is 0 Å². The van der Waals surface area contributed by atoms with E-state index in [4.69, 9.17) is 4.74 Å². The van der Waals surface area contributed by atoms with Crippen LogP contribution in [0.3, 0.4) is 0 Å². The molecule has 0 spiro atoms. The number of esters is 1. The quantitative estimate of drug-likeness (QED) is 0.565. The van der Waals surface area contributed by atoms with Gasteiger partial charge in [0.1, 0.15) is 6.23 Å². The number of carbonyl (C=O) groups is 2. The summed E-state index contributed by atoms with van der Waals surface area (Å²) < 4.78 is 5.06. The van der Waals surface area contributed by atoms with Crippen molar-refractivity contribution in [2.24, 2.45) is 0 Å². The molecule has 28 heavy (non-hydrogen) atoms. The lowest BCUT2D eigenvalue weighted by atomic mass is 10.0. The van der Waals surface area contributed by atoms with Crippen LogP contribution in [0.1, 0.15) is 32.3 Å². The number of aliphatic hydroxyl groups excluding tert-OH is 1. The summed E-state index contributed by atoms with van der Waals surface area (Å²) in [5.74, 6) is -0.426. The summed E-state index contributed by atoms with van der Waals surface area (Å²) in [5, 5.41) is 15.5. The standard InChI is InChI=1S/C22H28N2O4/c1-15(2)28-21(26)14-23-22(27)19-11-6-12-24(19)20(25)13-17-9-5-8-16-7-3-4-10-18(16)17/h3-5,7-10,15,19,22-23,27H,6,11-14H2,1-2H3/t19-,22?/m0/s1. The molecule has 6 heteroatoms. The Morgan fingerprint density at radius 3 is 2.75 bits per heavy atom. The third-order valence-electron chi connectivity index (χ3n) is 5.03. The Kier molecular flexibility index (Phi) is 6.65. The van der Waals surface area contributed by atoms with Gasteiger partial charge in [-0.05, 0) is 43.0 Å². The molecule has 2 aromatic carbocycles. The van der Waals surface area contributed by atoms with Gasteiger partial charge in [-0.2, -0.15) is 0 Å². The predicted octanol–water partition coefficient (Wildman–Crippen LogP) is 2.23. The van der Waals surface area contributed by atoms with Crippen molar-refractivity contribution in [3.8, 4) is 0 Å². The van der Waals surface area contributed by atoms with Crippen molar-refractivity contribution in [3.05, 3.63) is 48.0 Å². The second kappa shape index (κ2) is 9.17. The highest BCUT2D eigenvalue weighted by Gasteiger charge is 2.34. The lowest BCUT2D eigenvalue weighted by Gasteiger charge is -2.29. The van der Waals surface area contributed by atoms with Gasteiger partial charge in [0.15, 0.2) is 0 Å². The fourth-order valence-corrected chi connectivity index (χ4v) is 3.77. The maximum absolute atomic E-state index is 13.0. The van der Waals surface area contributed by atoms with Crippen molar-refractivity contribution in [2.45, 2.75) is 51.5 Å². The predicted molar refractivity (Wildman–Crippen MR) is 108 cm³/mol. The van der Waals surface area contributed by atoms with E-state index in [1.54, 1.807) is 18.7 Å². The first-order valence-corrected chi connectivity index (χ1v) is 9.82. The number of rotatable bonds is 7. The molecule has 3 rings (SSSR count). The molecule has 0 bridgehead atoms. The number of carbonyl (C=O) groups excluding carboxylic acids is 2. The summed E-state index contributed by atoms with van der Waals surface area (Å²) in [6.07, 6.45) is 0.672. The number of hydrogen-bond acceptors (Lipinski definition) is 5. The summed E-state index contributed by atoms with van der Waals surface area (Å²) in [6, 6.07) is 13.6. The Balaban J connectivity index is 1.63. The third kappa shape index (κ3) is 4.88. The molecular weight excluding hydrogens is 356 g/mol. The Labute approximate surface area is 165 Å². The van der Waals surface area contributed by atoms with E-state index in [1.165, 1.54) is 0 Å². The maximum atomic E-state index is 13.0. The number of ether oxygens (including phenoxy) is 1.